The molecular formula is C14H18ClNO3. The van der Waals surface area contributed by atoms with Crippen LogP contribution in [0.4, 0.5) is 0 Å². The predicted molar refractivity (Wildman–Crippen MR) is 73.2 cm³/mol. The normalized spacial score (nSPS) is 20.2. The third-order valence-electron chi connectivity index (χ3n) is 3.19. The maximum absolute atomic E-state index is 11.9. The molecule has 1 heterocycles. The molecule has 1 fully saturated rings. The van der Waals surface area contributed by atoms with E-state index in [2.05, 4.69) is 5.32 Å². The fourth-order valence-electron chi connectivity index (χ4n) is 2.20. The van der Waals surface area contributed by atoms with Gasteiger partial charge in [0.15, 0.2) is 0 Å². The molecule has 1 aromatic carbocycles. The first kappa shape index (κ1) is 14.3. The van der Waals surface area contributed by atoms with Gasteiger partial charge in [0.25, 0.3) is 0 Å². The number of esters is 1. The molecule has 0 aliphatic carbocycles. The van der Waals surface area contributed by atoms with Gasteiger partial charge in [-0.2, -0.15) is 0 Å². The van der Waals surface area contributed by atoms with Crippen molar-refractivity contribution in [2.75, 3.05) is 20.3 Å². The van der Waals surface area contributed by atoms with Crippen LogP contribution < -0.4 is 5.32 Å². The van der Waals surface area contributed by atoms with Crippen molar-refractivity contribution in [2.45, 2.75) is 25.0 Å². The van der Waals surface area contributed by atoms with Gasteiger partial charge in [0.1, 0.15) is 6.04 Å². The zero-order chi connectivity index (χ0) is 13.7. The Morgan fingerprint density at radius 2 is 2.47 bits per heavy atom. The van der Waals surface area contributed by atoms with Gasteiger partial charge in [0, 0.05) is 18.2 Å². The molecule has 4 nitrogen and oxygen atoms in total. The summed E-state index contributed by atoms with van der Waals surface area (Å²) in [6, 6.07) is 6.72. The minimum Gasteiger partial charge on any atom is -0.468 e. The van der Waals surface area contributed by atoms with Crippen molar-refractivity contribution in [1.82, 2.24) is 5.32 Å². The number of nitrogens with one attached hydrogen (secondary N) is 1. The molecule has 1 N–H and O–H groups in total. The molecule has 1 aliphatic heterocycles. The van der Waals surface area contributed by atoms with E-state index in [9.17, 15) is 4.79 Å². The summed E-state index contributed by atoms with van der Waals surface area (Å²) < 4.78 is 10.4. The van der Waals surface area contributed by atoms with Crippen LogP contribution in [-0.4, -0.2) is 32.3 Å². The van der Waals surface area contributed by atoms with Gasteiger partial charge in [-0.05, 0) is 30.5 Å². The number of hydrogen-bond donors (Lipinski definition) is 1. The van der Waals surface area contributed by atoms with Crippen molar-refractivity contribution in [3.8, 4) is 0 Å². The molecule has 2 atom stereocenters. The summed E-state index contributed by atoms with van der Waals surface area (Å²) in [7, 11) is 1.38. The van der Waals surface area contributed by atoms with E-state index in [0.29, 0.717) is 11.6 Å². The Hall–Kier alpha value is -1.10. The molecule has 1 saturated heterocycles. The van der Waals surface area contributed by atoms with Crippen molar-refractivity contribution in [2.24, 2.45) is 0 Å². The number of benzene rings is 1. The standard InChI is InChI=1S/C14H18ClNO3/c1-18-14(17)13(10-4-2-5-11(15)8-10)16-9-12-6-3-7-19-12/h2,4-5,8,12-13,16H,3,6-7,9H2,1H3. The van der Waals surface area contributed by atoms with Gasteiger partial charge in [0.05, 0.1) is 13.2 Å². The van der Waals surface area contributed by atoms with Crippen LogP contribution in [-0.2, 0) is 14.3 Å². The molecule has 2 unspecified atom stereocenters. The summed E-state index contributed by atoms with van der Waals surface area (Å²) in [6.45, 7) is 1.43. The average Bonchev–Trinajstić information content (AvgIpc) is 2.92. The third kappa shape index (κ3) is 3.93. The highest BCUT2D eigenvalue weighted by molar-refractivity contribution is 6.30. The topological polar surface area (TPSA) is 47.6 Å². The van der Waals surface area contributed by atoms with Crippen LogP contribution in [0.3, 0.4) is 0 Å². The van der Waals surface area contributed by atoms with Gasteiger partial charge in [-0.1, -0.05) is 23.7 Å². The molecule has 0 spiro atoms. The first-order valence-corrected chi connectivity index (χ1v) is 6.77. The zero-order valence-electron chi connectivity index (χ0n) is 10.9. The van der Waals surface area contributed by atoms with E-state index in [1.165, 1.54) is 7.11 Å². The average molecular weight is 284 g/mol. The Labute approximate surface area is 118 Å². The highest BCUT2D eigenvalue weighted by Crippen LogP contribution is 2.20. The Morgan fingerprint density at radius 3 is 3.11 bits per heavy atom. The molecule has 1 aliphatic rings. The number of ether oxygens (including phenoxy) is 2. The lowest BCUT2D eigenvalue weighted by Crippen LogP contribution is -2.35. The molecule has 2 rings (SSSR count). The number of halogens is 1. The van der Waals surface area contributed by atoms with Crippen molar-refractivity contribution >= 4 is 17.6 Å². The van der Waals surface area contributed by atoms with Crippen LogP contribution in [0.5, 0.6) is 0 Å². The molecule has 0 amide bonds. The Kier molecular flexibility index (Phi) is 5.19. The summed E-state index contributed by atoms with van der Waals surface area (Å²) in [5, 5.41) is 3.80. The smallest absolute Gasteiger partial charge is 0.327 e. The second kappa shape index (κ2) is 6.89. The van der Waals surface area contributed by atoms with Gasteiger partial charge >= 0.3 is 5.97 Å². The number of methoxy groups -OCH3 is 1. The minimum atomic E-state index is -0.507. The quantitative estimate of drug-likeness (QED) is 0.843. The molecular weight excluding hydrogens is 266 g/mol. The predicted octanol–water partition coefficient (Wildman–Crippen LogP) is 2.32. The van der Waals surface area contributed by atoms with Gasteiger partial charge in [-0.3, -0.25) is 5.32 Å². The van der Waals surface area contributed by atoms with Crippen LogP contribution in [0.1, 0.15) is 24.4 Å². The number of carbonyl (C=O) groups is 1. The van der Waals surface area contributed by atoms with Crippen molar-refractivity contribution in [3.05, 3.63) is 34.9 Å². The molecule has 0 radical (unpaired) electrons. The first-order chi connectivity index (χ1) is 9.20. The van der Waals surface area contributed by atoms with E-state index in [1.807, 2.05) is 12.1 Å². The van der Waals surface area contributed by atoms with Gasteiger partial charge in [-0.25, -0.2) is 4.79 Å². The summed E-state index contributed by atoms with van der Waals surface area (Å²) in [5.41, 5.74) is 0.803. The van der Waals surface area contributed by atoms with Crippen LogP contribution >= 0.6 is 11.6 Å². The fourth-order valence-corrected chi connectivity index (χ4v) is 2.39. The molecule has 1 aromatic rings. The summed E-state index contributed by atoms with van der Waals surface area (Å²) in [4.78, 5) is 11.9. The molecule has 19 heavy (non-hydrogen) atoms. The summed E-state index contributed by atoms with van der Waals surface area (Å²) >= 11 is 5.96. The number of carbonyl (C=O) groups excluding carboxylic acids is 1. The van der Waals surface area contributed by atoms with E-state index in [1.54, 1.807) is 12.1 Å². The Bertz CT molecular complexity index is 432. The van der Waals surface area contributed by atoms with E-state index in [4.69, 9.17) is 21.1 Å². The van der Waals surface area contributed by atoms with Crippen LogP contribution in [0.25, 0.3) is 0 Å². The van der Waals surface area contributed by atoms with E-state index in [-0.39, 0.29) is 12.1 Å². The summed E-state index contributed by atoms with van der Waals surface area (Å²) in [6.07, 6.45) is 2.27. The lowest BCUT2D eigenvalue weighted by molar-refractivity contribution is -0.143. The molecule has 0 saturated carbocycles. The number of rotatable bonds is 5. The maximum atomic E-state index is 11.9. The lowest BCUT2D eigenvalue weighted by Gasteiger charge is -2.19. The lowest BCUT2D eigenvalue weighted by atomic mass is 10.1. The fraction of sp³-hybridized carbons (Fsp3) is 0.500. The SMILES string of the molecule is COC(=O)C(NCC1CCCO1)c1cccc(Cl)c1. The second-order valence-electron chi connectivity index (χ2n) is 4.55. The van der Waals surface area contributed by atoms with Crippen molar-refractivity contribution < 1.29 is 14.3 Å². The minimum absolute atomic E-state index is 0.173. The van der Waals surface area contributed by atoms with E-state index in [0.717, 1.165) is 25.0 Å². The van der Waals surface area contributed by atoms with Gasteiger partial charge < -0.3 is 9.47 Å². The van der Waals surface area contributed by atoms with Crippen LogP contribution in [0.15, 0.2) is 24.3 Å². The van der Waals surface area contributed by atoms with Crippen molar-refractivity contribution in [1.29, 1.82) is 0 Å². The maximum Gasteiger partial charge on any atom is 0.327 e. The van der Waals surface area contributed by atoms with E-state index < -0.39 is 6.04 Å². The highest BCUT2D eigenvalue weighted by Gasteiger charge is 2.24. The van der Waals surface area contributed by atoms with Crippen LogP contribution in [0.2, 0.25) is 5.02 Å². The second-order valence-corrected chi connectivity index (χ2v) is 4.99. The Morgan fingerprint density at radius 1 is 1.63 bits per heavy atom. The monoisotopic (exact) mass is 283 g/mol. The molecule has 0 bridgehead atoms. The largest absolute Gasteiger partial charge is 0.468 e. The van der Waals surface area contributed by atoms with Crippen LogP contribution in [0, 0.1) is 0 Å². The highest BCUT2D eigenvalue weighted by atomic mass is 35.5. The third-order valence-corrected chi connectivity index (χ3v) is 3.43. The molecule has 5 heteroatoms. The zero-order valence-corrected chi connectivity index (χ0v) is 11.7. The molecule has 104 valence electrons. The van der Waals surface area contributed by atoms with Crippen molar-refractivity contribution in [3.63, 3.8) is 0 Å². The van der Waals surface area contributed by atoms with Gasteiger partial charge in [-0.15, -0.1) is 0 Å². The summed E-state index contributed by atoms with van der Waals surface area (Å²) in [5.74, 6) is -0.319. The Balaban J connectivity index is 2.04. The molecule has 0 aromatic heterocycles. The number of hydrogen-bond acceptors (Lipinski definition) is 4. The van der Waals surface area contributed by atoms with E-state index >= 15 is 0 Å². The van der Waals surface area contributed by atoms with Gasteiger partial charge in [0.2, 0.25) is 0 Å². The first-order valence-electron chi connectivity index (χ1n) is 6.39.